The van der Waals surface area contributed by atoms with Crippen LogP contribution in [0.4, 0.5) is 0 Å². The quantitative estimate of drug-likeness (QED) is 0.730. The molecule has 0 radical (unpaired) electrons. The van der Waals surface area contributed by atoms with Crippen molar-refractivity contribution >= 4 is 5.97 Å². The Hall–Kier alpha value is -1.65. The van der Waals surface area contributed by atoms with Gasteiger partial charge in [-0.3, -0.25) is 9.36 Å². The minimum atomic E-state index is -1.14. The normalized spacial score (nSPS) is 19.7. The Morgan fingerprint density at radius 2 is 2.40 bits per heavy atom. The lowest BCUT2D eigenvalue weighted by Gasteiger charge is -2.22. The van der Waals surface area contributed by atoms with Gasteiger partial charge in [0.1, 0.15) is 5.82 Å². The number of carboxylic acid groups (broad SMARTS) is 1. The number of hydrogen-bond donors (Lipinski definition) is 1. The van der Waals surface area contributed by atoms with Crippen LogP contribution in [0.2, 0.25) is 0 Å². The van der Waals surface area contributed by atoms with E-state index in [0.29, 0.717) is 24.7 Å². The average Bonchev–Trinajstić information content (AvgIpc) is 2.16. The van der Waals surface area contributed by atoms with Gasteiger partial charge in [-0.25, -0.2) is 9.78 Å². The molecule has 1 N–H and O–H groups in total. The summed E-state index contributed by atoms with van der Waals surface area (Å²) in [5.41, 5.74) is -0.412. The number of nitrogens with zero attached hydrogens (tertiary/aromatic N) is 2. The van der Waals surface area contributed by atoms with Crippen LogP contribution >= 0.6 is 0 Å². The molecule has 15 heavy (non-hydrogen) atoms. The van der Waals surface area contributed by atoms with Crippen molar-refractivity contribution in [3.05, 3.63) is 27.9 Å². The fourth-order valence-corrected chi connectivity index (χ4v) is 1.82. The van der Waals surface area contributed by atoms with E-state index in [0.717, 1.165) is 12.5 Å². The summed E-state index contributed by atoms with van der Waals surface area (Å²) in [6.07, 6.45) is 1.62. The molecule has 2 heterocycles. The Kier molecular flexibility index (Phi) is 2.30. The van der Waals surface area contributed by atoms with E-state index in [9.17, 15) is 9.59 Å². The highest BCUT2D eigenvalue weighted by Crippen LogP contribution is 2.16. The van der Waals surface area contributed by atoms with Gasteiger partial charge in [0.15, 0.2) is 5.69 Å². The molecule has 1 aromatic heterocycles. The van der Waals surface area contributed by atoms with Crippen molar-refractivity contribution in [3.8, 4) is 0 Å². The summed E-state index contributed by atoms with van der Waals surface area (Å²) in [7, 11) is 0. The van der Waals surface area contributed by atoms with Crippen LogP contribution in [-0.2, 0) is 13.0 Å². The molecule has 0 fully saturated rings. The summed E-state index contributed by atoms with van der Waals surface area (Å²) in [5.74, 6) is -0.0895. The van der Waals surface area contributed by atoms with Crippen LogP contribution in [0.3, 0.4) is 0 Å². The predicted octanol–water partition coefficient (Wildman–Crippen LogP) is 0.524. The van der Waals surface area contributed by atoms with Crippen molar-refractivity contribution in [2.24, 2.45) is 5.92 Å². The van der Waals surface area contributed by atoms with Gasteiger partial charge < -0.3 is 5.11 Å². The topological polar surface area (TPSA) is 72.2 Å². The molecule has 1 unspecified atom stereocenters. The first-order valence-electron chi connectivity index (χ1n) is 4.92. The minimum absolute atomic E-state index is 0.152. The summed E-state index contributed by atoms with van der Waals surface area (Å²) < 4.78 is 1.56. The second kappa shape index (κ2) is 3.49. The van der Waals surface area contributed by atoms with Crippen molar-refractivity contribution in [1.29, 1.82) is 0 Å². The molecule has 0 saturated heterocycles. The van der Waals surface area contributed by atoms with E-state index in [4.69, 9.17) is 5.11 Å². The van der Waals surface area contributed by atoms with Crippen LogP contribution in [0.5, 0.6) is 0 Å². The smallest absolute Gasteiger partial charge is 0.354 e. The van der Waals surface area contributed by atoms with Crippen molar-refractivity contribution in [2.75, 3.05) is 0 Å². The SMILES string of the molecule is CC1CCn2c(nc(C(=O)O)cc2=O)C1. The predicted molar refractivity (Wildman–Crippen MR) is 52.9 cm³/mol. The van der Waals surface area contributed by atoms with Gasteiger partial charge in [0.2, 0.25) is 0 Å². The Morgan fingerprint density at radius 3 is 3.07 bits per heavy atom. The Balaban J connectivity index is 2.53. The van der Waals surface area contributed by atoms with Crippen LogP contribution in [0.1, 0.15) is 29.7 Å². The standard InChI is InChI=1S/C10H12N2O3/c1-6-2-3-12-8(4-6)11-7(10(14)15)5-9(12)13/h5-6H,2-4H2,1H3,(H,14,15). The van der Waals surface area contributed by atoms with Crippen LogP contribution in [0.25, 0.3) is 0 Å². The lowest BCUT2D eigenvalue weighted by atomic mass is 10.00. The molecule has 0 saturated carbocycles. The second-order valence-corrected chi connectivity index (χ2v) is 3.95. The first-order valence-corrected chi connectivity index (χ1v) is 4.92. The minimum Gasteiger partial charge on any atom is -0.477 e. The molecule has 1 aromatic rings. The third-order valence-electron chi connectivity index (χ3n) is 2.68. The van der Waals surface area contributed by atoms with E-state index < -0.39 is 5.97 Å². The van der Waals surface area contributed by atoms with Crippen LogP contribution in [-0.4, -0.2) is 20.6 Å². The van der Waals surface area contributed by atoms with E-state index in [1.54, 1.807) is 4.57 Å². The van der Waals surface area contributed by atoms with Gasteiger partial charge in [0.05, 0.1) is 0 Å². The number of aromatic nitrogens is 2. The van der Waals surface area contributed by atoms with E-state index >= 15 is 0 Å². The average molecular weight is 208 g/mol. The summed E-state index contributed by atoms with van der Waals surface area (Å²) in [5, 5.41) is 8.77. The monoisotopic (exact) mass is 208 g/mol. The molecule has 1 atom stereocenters. The number of hydrogen-bond acceptors (Lipinski definition) is 3. The highest BCUT2D eigenvalue weighted by atomic mass is 16.4. The molecule has 1 aliphatic rings. The number of rotatable bonds is 1. The molecule has 0 bridgehead atoms. The molecule has 1 aliphatic heterocycles. The van der Waals surface area contributed by atoms with E-state index in [-0.39, 0.29) is 11.3 Å². The van der Waals surface area contributed by atoms with E-state index in [1.807, 2.05) is 0 Å². The highest BCUT2D eigenvalue weighted by molar-refractivity contribution is 5.85. The summed E-state index contributed by atoms with van der Waals surface area (Å²) >= 11 is 0. The van der Waals surface area contributed by atoms with Crippen LogP contribution < -0.4 is 5.56 Å². The van der Waals surface area contributed by atoms with Gasteiger partial charge in [0.25, 0.3) is 5.56 Å². The fraction of sp³-hybridized carbons (Fsp3) is 0.500. The lowest BCUT2D eigenvalue weighted by molar-refractivity contribution is 0.0689. The van der Waals surface area contributed by atoms with Crippen molar-refractivity contribution in [3.63, 3.8) is 0 Å². The number of carboxylic acids is 1. The lowest BCUT2D eigenvalue weighted by Crippen LogP contribution is -2.31. The number of fused-ring (bicyclic) bond motifs is 1. The number of carbonyl (C=O) groups is 1. The molecule has 5 heteroatoms. The fourth-order valence-electron chi connectivity index (χ4n) is 1.82. The molecule has 5 nitrogen and oxygen atoms in total. The Morgan fingerprint density at radius 1 is 1.67 bits per heavy atom. The van der Waals surface area contributed by atoms with Crippen molar-refractivity contribution in [1.82, 2.24) is 9.55 Å². The van der Waals surface area contributed by atoms with Crippen molar-refractivity contribution in [2.45, 2.75) is 26.3 Å². The summed E-state index contributed by atoms with van der Waals surface area (Å²) in [4.78, 5) is 26.3. The first kappa shape index (κ1) is 9.89. The van der Waals surface area contributed by atoms with Gasteiger partial charge in [0, 0.05) is 19.0 Å². The van der Waals surface area contributed by atoms with Crippen LogP contribution in [0, 0.1) is 5.92 Å². The van der Waals surface area contributed by atoms with E-state index in [2.05, 4.69) is 11.9 Å². The zero-order valence-electron chi connectivity index (χ0n) is 8.43. The van der Waals surface area contributed by atoms with E-state index in [1.165, 1.54) is 0 Å². The molecule has 80 valence electrons. The molecular weight excluding hydrogens is 196 g/mol. The first-order chi connectivity index (χ1) is 7.08. The summed E-state index contributed by atoms with van der Waals surface area (Å²) in [6, 6.07) is 1.09. The zero-order chi connectivity index (χ0) is 11.0. The second-order valence-electron chi connectivity index (χ2n) is 3.95. The van der Waals surface area contributed by atoms with Gasteiger partial charge in [-0.1, -0.05) is 6.92 Å². The van der Waals surface area contributed by atoms with Gasteiger partial charge in [-0.15, -0.1) is 0 Å². The largest absolute Gasteiger partial charge is 0.477 e. The molecule has 0 aromatic carbocycles. The third-order valence-corrected chi connectivity index (χ3v) is 2.68. The van der Waals surface area contributed by atoms with Gasteiger partial charge in [-0.05, 0) is 12.3 Å². The van der Waals surface area contributed by atoms with Gasteiger partial charge >= 0.3 is 5.97 Å². The molecule has 0 amide bonds. The molecule has 0 spiro atoms. The van der Waals surface area contributed by atoms with Crippen LogP contribution in [0.15, 0.2) is 10.9 Å². The number of aromatic carboxylic acids is 1. The highest BCUT2D eigenvalue weighted by Gasteiger charge is 2.19. The Bertz CT molecular complexity index is 464. The molecular formula is C10H12N2O3. The maximum atomic E-state index is 11.6. The molecule has 2 rings (SSSR count). The maximum absolute atomic E-state index is 11.6. The Labute approximate surface area is 86.4 Å². The maximum Gasteiger partial charge on any atom is 0.354 e. The van der Waals surface area contributed by atoms with Crippen molar-refractivity contribution < 1.29 is 9.90 Å². The zero-order valence-corrected chi connectivity index (χ0v) is 8.43. The molecule has 0 aliphatic carbocycles. The third kappa shape index (κ3) is 1.77. The van der Waals surface area contributed by atoms with Gasteiger partial charge in [-0.2, -0.15) is 0 Å². The summed E-state index contributed by atoms with van der Waals surface area (Å²) in [6.45, 7) is 2.71.